The fourth-order valence-corrected chi connectivity index (χ4v) is 7.11. The zero-order valence-electron chi connectivity index (χ0n) is 25.0. The highest BCUT2D eigenvalue weighted by Crippen LogP contribution is 2.40. The highest BCUT2D eigenvalue weighted by molar-refractivity contribution is 5.75. The van der Waals surface area contributed by atoms with Crippen LogP contribution in [-0.4, -0.2) is 9.80 Å². The molecule has 4 aliphatic heterocycles. The second-order valence-corrected chi connectivity index (χ2v) is 12.1. The van der Waals surface area contributed by atoms with Gasteiger partial charge in [-0.05, 0) is 89.1 Å². The first kappa shape index (κ1) is 26.2. The van der Waals surface area contributed by atoms with E-state index in [1.807, 2.05) is 0 Å². The largest absolute Gasteiger partial charge is 0.364 e. The summed E-state index contributed by atoms with van der Waals surface area (Å²) in [6.45, 7) is 4.22. The van der Waals surface area contributed by atoms with Crippen molar-refractivity contribution in [1.29, 1.82) is 0 Å². The average Bonchev–Trinajstić information content (AvgIpc) is 3.64. The molecule has 0 amide bonds. The molecule has 0 aromatic heterocycles. The van der Waals surface area contributed by atoms with Crippen molar-refractivity contribution in [2.75, 3.05) is 0 Å². The monoisotopic (exact) mass is 570 g/mol. The third kappa shape index (κ3) is 4.41. The van der Waals surface area contributed by atoms with Crippen molar-refractivity contribution < 1.29 is 0 Å². The summed E-state index contributed by atoms with van der Waals surface area (Å²) >= 11 is 0. The molecule has 3 atom stereocenters. The van der Waals surface area contributed by atoms with Crippen molar-refractivity contribution in [2.24, 2.45) is 0 Å². The topological polar surface area (TPSA) is 30.5 Å². The van der Waals surface area contributed by atoms with E-state index in [1.54, 1.807) is 0 Å². The van der Waals surface area contributed by atoms with Crippen molar-refractivity contribution in [3.05, 3.63) is 155 Å². The number of benzene rings is 4. The average molecular weight is 571 g/mol. The van der Waals surface area contributed by atoms with E-state index in [-0.39, 0.29) is 18.2 Å². The number of hydrogen-bond donors (Lipinski definition) is 2. The normalized spacial score (nSPS) is 19.5. The van der Waals surface area contributed by atoms with Gasteiger partial charge >= 0.3 is 0 Å². The molecule has 0 radical (unpaired) electrons. The quantitative estimate of drug-likeness (QED) is 0.236. The minimum absolute atomic E-state index is 0.0689. The number of fused-ring (bicyclic) bond motifs is 6. The Hall–Kier alpha value is -5.40. The Morgan fingerprint density at radius 3 is 1.86 bits per heavy atom. The van der Waals surface area contributed by atoms with Gasteiger partial charge < -0.3 is 20.4 Å². The Labute approximate surface area is 259 Å². The van der Waals surface area contributed by atoms with E-state index in [0.717, 1.165) is 6.42 Å². The van der Waals surface area contributed by atoms with E-state index in [2.05, 4.69) is 162 Å². The first-order chi connectivity index (χ1) is 21.6. The smallest absolute Gasteiger partial charge is 0.129 e. The Balaban J connectivity index is 1.11. The van der Waals surface area contributed by atoms with Crippen LogP contribution in [0, 0.1) is 12.3 Å². The van der Waals surface area contributed by atoms with Crippen LogP contribution in [-0.2, 0) is 6.42 Å². The van der Waals surface area contributed by atoms with Crippen molar-refractivity contribution in [2.45, 2.75) is 38.5 Å². The van der Waals surface area contributed by atoms with E-state index in [1.165, 1.54) is 67.0 Å². The van der Waals surface area contributed by atoms with E-state index < -0.39 is 0 Å². The lowest BCUT2D eigenvalue weighted by molar-refractivity contribution is 0.370. The maximum atomic E-state index is 6.32. The molecule has 4 aromatic carbocycles. The molecule has 0 fully saturated rings. The van der Waals surface area contributed by atoms with Crippen LogP contribution in [0.1, 0.15) is 65.5 Å². The van der Waals surface area contributed by atoms with Crippen molar-refractivity contribution >= 4 is 12.2 Å². The molecule has 2 N–H and O–H groups in total. The van der Waals surface area contributed by atoms with Gasteiger partial charge in [-0.1, -0.05) is 78.7 Å². The summed E-state index contributed by atoms with van der Waals surface area (Å²) in [6.07, 6.45) is 20.4. The lowest BCUT2D eigenvalue weighted by Gasteiger charge is -2.28. The third-order valence-electron chi connectivity index (χ3n) is 9.23. The molecule has 4 aromatic rings. The first-order valence-electron chi connectivity index (χ1n) is 15.3. The fourth-order valence-electron chi connectivity index (χ4n) is 7.11. The molecule has 4 heterocycles. The summed E-state index contributed by atoms with van der Waals surface area (Å²) in [6, 6.07) is 30.9. The number of terminal acetylenes is 1. The van der Waals surface area contributed by atoms with Gasteiger partial charge in [0.15, 0.2) is 0 Å². The minimum atomic E-state index is -0.0689. The van der Waals surface area contributed by atoms with Crippen LogP contribution in [0.5, 0.6) is 0 Å². The number of rotatable bonds is 5. The third-order valence-corrected chi connectivity index (χ3v) is 9.23. The highest BCUT2D eigenvalue weighted by atomic mass is 15.3. The lowest BCUT2D eigenvalue weighted by atomic mass is 9.84. The lowest BCUT2D eigenvalue weighted by Crippen LogP contribution is -2.26. The summed E-state index contributed by atoms with van der Waals surface area (Å²) in [5, 5.41) is 7.17. The predicted octanol–water partition coefficient (Wildman–Crippen LogP) is 8.48. The molecule has 4 heteroatoms. The van der Waals surface area contributed by atoms with E-state index >= 15 is 0 Å². The molecule has 44 heavy (non-hydrogen) atoms. The van der Waals surface area contributed by atoms with Crippen molar-refractivity contribution in [1.82, 2.24) is 20.4 Å². The van der Waals surface area contributed by atoms with Crippen molar-refractivity contribution in [3.63, 3.8) is 0 Å². The van der Waals surface area contributed by atoms with Crippen LogP contribution in [0.4, 0.5) is 0 Å². The fraction of sp³-hybridized carbons (Fsp3) is 0.150. The van der Waals surface area contributed by atoms with Gasteiger partial charge in [0.25, 0.3) is 0 Å². The Morgan fingerprint density at radius 2 is 1.25 bits per heavy atom. The molecular weight excluding hydrogens is 536 g/mol. The van der Waals surface area contributed by atoms with Crippen molar-refractivity contribution in [3.8, 4) is 34.6 Å². The minimum Gasteiger partial charge on any atom is -0.364 e. The van der Waals surface area contributed by atoms with Crippen LogP contribution in [0.15, 0.2) is 121 Å². The first-order valence-corrected chi connectivity index (χ1v) is 15.3. The van der Waals surface area contributed by atoms with E-state index in [9.17, 15) is 0 Å². The number of allylic oxidation sites excluding steroid dienone is 2. The molecule has 214 valence electrons. The van der Waals surface area contributed by atoms with Crippen LogP contribution in [0.3, 0.4) is 0 Å². The standard InChI is InChI=1S/C40H34N4/c1-4-28(35-11-7-8-12-36(35)31-14-16-38-33(23-31)18-20-44-25-27(3)42-40(38)44)21-29-9-5-6-10-34(29)30-13-15-37-32(22-30)17-19-43-24-26(2)41-39(37)43/h1,5-20,22-25,28,39-42H,21H2,2-3H3. The number of nitrogens with zero attached hydrogens (tertiary/aromatic N) is 2. The summed E-state index contributed by atoms with van der Waals surface area (Å²) in [5.41, 5.74) is 14.7. The zero-order valence-corrected chi connectivity index (χ0v) is 25.0. The van der Waals surface area contributed by atoms with Gasteiger partial charge in [0, 0.05) is 53.2 Å². The van der Waals surface area contributed by atoms with Gasteiger partial charge in [0.1, 0.15) is 12.3 Å². The maximum absolute atomic E-state index is 6.32. The summed E-state index contributed by atoms with van der Waals surface area (Å²) < 4.78 is 0. The Kier molecular flexibility index (Phi) is 6.20. The molecule has 3 unspecified atom stereocenters. The second-order valence-electron chi connectivity index (χ2n) is 12.1. The Morgan fingerprint density at radius 1 is 0.705 bits per heavy atom. The number of hydrogen-bond acceptors (Lipinski definition) is 4. The zero-order chi connectivity index (χ0) is 29.8. The maximum Gasteiger partial charge on any atom is 0.129 e. The molecule has 4 aliphatic rings. The van der Waals surface area contributed by atoms with E-state index in [0.29, 0.717) is 0 Å². The molecule has 0 saturated heterocycles. The molecule has 8 rings (SSSR count). The van der Waals surface area contributed by atoms with Gasteiger partial charge in [-0.15, -0.1) is 6.42 Å². The van der Waals surface area contributed by atoms with Crippen LogP contribution in [0.25, 0.3) is 34.4 Å². The number of nitrogens with one attached hydrogen (secondary N) is 2. The van der Waals surface area contributed by atoms with Crippen LogP contribution < -0.4 is 10.6 Å². The second kappa shape index (κ2) is 10.4. The Bertz CT molecular complexity index is 1970. The predicted molar refractivity (Wildman–Crippen MR) is 180 cm³/mol. The molecule has 0 aliphatic carbocycles. The van der Waals surface area contributed by atoms with Gasteiger partial charge in [0.05, 0.1) is 0 Å². The SMILES string of the molecule is C#CC(Cc1ccccc1-c1ccc2c(c1)C=CN1C=C(C)NC21)c1ccccc1-c1ccc2c(c1)C=CN1C=C(C)NC21. The van der Waals surface area contributed by atoms with Crippen LogP contribution >= 0.6 is 0 Å². The van der Waals surface area contributed by atoms with E-state index in [4.69, 9.17) is 6.42 Å². The molecule has 0 spiro atoms. The molecule has 0 saturated carbocycles. The van der Waals surface area contributed by atoms with Gasteiger partial charge in [-0.25, -0.2) is 0 Å². The van der Waals surface area contributed by atoms with Gasteiger partial charge in [0.2, 0.25) is 0 Å². The molecule has 4 nitrogen and oxygen atoms in total. The highest BCUT2D eigenvalue weighted by Gasteiger charge is 2.28. The molecule has 0 bridgehead atoms. The van der Waals surface area contributed by atoms with Crippen LogP contribution in [0.2, 0.25) is 0 Å². The molecular formula is C40H34N4. The van der Waals surface area contributed by atoms with Gasteiger partial charge in [-0.3, -0.25) is 0 Å². The summed E-state index contributed by atoms with van der Waals surface area (Å²) in [4.78, 5) is 4.46. The van der Waals surface area contributed by atoms with Gasteiger partial charge in [-0.2, -0.15) is 0 Å². The summed E-state index contributed by atoms with van der Waals surface area (Å²) in [5.74, 6) is 3.10. The summed E-state index contributed by atoms with van der Waals surface area (Å²) in [7, 11) is 0.